The number of halogens is 1. The molecule has 2 N–H and O–H groups in total. The second-order valence-electron chi connectivity index (χ2n) is 6.70. The smallest absolute Gasteiger partial charge is 0.195 e. The van der Waals surface area contributed by atoms with Crippen LogP contribution in [0.15, 0.2) is 65.9 Å². The topological polar surface area (TPSA) is 72.7 Å². The molecule has 1 aliphatic rings. The molecule has 0 amide bonds. The standard InChI is InChI=1S/C22H25N5O2.HI/c1-23-22(26-18-6-9-20-21(16-18)29-15-3-14-28-20)24-12-10-17-4-7-19(8-5-17)27-13-2-11-25-27;/h2,4-9,11,13,16H,3,10,12,14-15H2,1H3,(H2,23,24,26);1H. The van der Waals surface area contributed by atoms with Crippen molar-refractivity contribution in [3.8, 4) is 17.2 Å². The Balaban J connectivity index is 0.00000256. The maximum Gasteiger partial charge on any atom is 0.195 e. The van der Waals surface area contributed by atoms with Crippen LogP contribution in [0, 0.1) is 0 Å². The Morgan fingerprint density at radius 3 is 2.63 bits per heavy atom. The second kappa shape index (κ2) is 10.9. The molecule has 30 heavy (non-hydrogen) atoms. The molecule has 0 spiro atoms. The molecular weight excluding hydrogens is 493 g/mol. The summed E-state index contributed by atoms with van der Waals surface area (Å²) in [4.78, 5) is 4.30. The van der Waals surface area contributed by atoms with Crippen LogP contribution in [-0.2, 0) is 6.42 Å². The van der Waals surface area contributed by atoms with E-state index >= 15 is 0 Å². The third kappa shape index (κ3) is 5.65. The number of anilines is 1. The van der Waals surface area contributed by atoms with E-state index in [1.807, 2.05) is 35.1 Å². The lowest BCUT2D eigenvalue weighted by Gasteiger charge is -2.14. The van der Waals surface area contributed by atoms with Gasteiger partial charge in [0.15, 0.2) is 17.5 Å². The number of hydrogen-bond donors (Lipinski definition) is 2. The molecule has 8 heteroatoms. The molecule has 3 aromatic rings. The van der Waals surface area contributed by atoms with E-state index < -0.39 is 0 Å². The van der Waals surface area contributed by atoms with Gasteiger partial charge in [-0.1, -0.05) is 12.1 Å². The van der Waals surface area contributed by atoms with Crippen molar-refractivity contribution in [2.75, 3.05) is 32.1 Å². The third-order valence-corrected chi connectivity index (χ3v) is 4.65. The molecule has 4 rings (SSSR count). The van der Waals surface area contributed by atoms with Gasteiger partial charge < -0.3 is 20.1 Å². The Morgan fingerprint density at radius 1 is 1.10 bits per heavy atom. The van der Waals surface area contributed by atoms with E-state index in [-0.39, 0.29) is 24.0 Å². The Labute approximate surface area is 193 Å². The predicted molar refractivity (Wildman–Crippen MR) is 130 cm³/mol. The quantitative estimate of drug-likeness (QED) is 0.304. The lowest BCUT2D eigenvalue weighted by atomic mass is 10.1. The first-order valence-corrected chi connectivity index (χ1v) is 9.78. The molecule has 0 atom stereocenters. The Bertz CT molecular complexity index is 958. The number of aromatic nitrogens is 2. The summed E-state index contributed by atoms with van der Waals surface area (Å²) in [7, 11) is 1.76. The minimum atomic E-state index is 0. The predicted octanol–water partition coefficient (Wildman–Crippen LogP) is 3.88. The van der Waals surface area contributed by atoms with Crippen LogP contribution in [0.2, 0.25) is 0 Å². The molecule has 1 aromatic heterocycles. The summed E-state index contributed by atoms with van der Waals surface area (Å²) in [6, 6.07) is 16.2. The van der Waals surface area contributed by atoms with Gasteiger partial charge >= 0.3 is 0 Å². The van der Waals surface area contributed by atoms with Gasteiger partial charge in [0.25, 0.3) is 0 Å². The van der Waals surface area contributed by atoms with Gasteiger partial charge in [-0.25, -0.2) is 4.68 Å². The average Bonchev–Trinajstić information content (AvgIpc) is 3.19. The number of rotatable bonds is 5. The fraction of sp³-hybridized carbons (Fsp3) is 0.273. The van der Waals surface area contributed by atoms with E-state index in [1.54, 1.807) is 13.2 Å². The Hall–Kier alpha value is -2.75. The highest BCUT2D eigenvalue weighted by Crippen LogP contribution is 2.32. The van der Waals surface area contributed by atoms with Crippen molar-refractivity contribution in [1.29, 1.82) is 0 Å². The molecule has 0 saturated carbocycles. The number of benzene rings is 2. The van der Waals surface area contributed by atoms with E-state index in [4.69, 9.17) is 9.47 Å². The van der Waals surface area contributed by atoms with Gasteiger partial charge in [0.05, 0.1) is 18.9 Å². The highest BCUT2D eigenvalue weighted by Gasteiger charge is 2.11. The molecule has 7 nitrogen and oxygen atoms in total. The molecule has 0 unspecified atom stereocenters. The van der Waals surface area contributed by atoms with E-state index in [0.29, 0.717) is 19.2 Å². The zero-order valence-electron chi connectivity index (χ0n) is 16.9. The van der Waals surface area contributed by atoms with Crippen LogP contribution in [0.3, 0.4) is 0 Å². The van der Waals surface area contributed by atoms with Crippen LogP contribution in [0.4, 0.5) is 5.69 Å². The number of fused-ring (bicyclic) bond motifs is 1. The largest absolute Gasteiger partial charge is 0.490 e. The van der Waals surface area contributed by atoms with Crippen molar-refractivity contribution < 1.29 is 9.47 Å². The molecule has 0 bridgehead atoms. The molecule has 2 aromatic carbocycles. The van der Waals surface area contributed by atoms with Gasteiger partial charge in [-0.05, 0) is 42.3 Å². The summed E-state index contributed by atoms with van der Waals surface area (Å²) >= 11 is 0. The number of aliphatic imine (C=N–C) groups is 1. The second-order valence-corrected chi connectivity index (χ2v) is 6.70. The van der Waals surface area contributed by atoms with Gasteiger partial charge in [-0.3, -0.25) is 4.99 Å². The van der Waals surface area contributed by atoms with Crippen LogP contribution in [0.1, 0.15) is 12.0 Å². The summed E-state index contributed by atoms with van der Waals surface area (Å²) in [5, 5.41) is 10.9. The van der Waals surface area contributed by atoms with Crippen molar-refractivity contribution in [2.24, 2.45) is 4.99 Å². The summed E-state index contributed by atoms with van der Waals surface area (Å²) in [5.41, 5.74) is 3.21. The van der Waals surface area contributed by atoms with E-state index in [0.717, 1.165) is 42.3 Å². The molecule has 2 heterocycles. The maximum absolute atomic E-state index is 5.75. The minimum Gasteiger partial charge on any atom is -0.490 e. The first kappa shape index (κ1) is 21.9. The van der Waals surface area contributed by atoms with Crippen LogP contribution >= 0.6 is 24.0 Å². The molecule has 0 fully saturated rings. The van der Waals surface area contributed by atoms with Gasteiger partial charge in [0.1, 0.15) is 0 Å². The Kier molecular flexibility index (Phi) is 7.95. The first-order chi connectivity index (χ1) is 14.3. The molecule has 158 valence electrons. The Morgan fingerprint density at radius 2 is 1.90 bits per heavy atom. The van der Waals surface area contributed by atoms with Crippen molar-refractivity contribution in [2.45, 2.75) is 12.8 Å². The fourth-order valence-corrected chi connectivity index (χ4v) is 3.12. The highest BCUT2D eigenvalue weighted by atomic mass is 127. The number of ether oxygens (including phenoxy) is 2. The lowest BCUT2D eigenvalue weighted by molar-refractivity contribution is 0.297. The average molecular weight is 519 g/mol. The number of nitrogens with one attached hydrogen (secondary N) is 2. The van der Waals surface area contributed by atoms with Crippen molar-refractivity contribution in [3.05, 3.63) is 66.5 Å². The first-order valence-electron chi connectivity index (χ1n) is 9.78. The van der Waals surface area contributed by atoms with Crippen LogP contribution in [0.5, 0.6) is 11.5 Å². The van der Waals surface area contributed by atoms with E-state index in [9.17, 15) is 0 Å². The molecule has 0 radical (unpaired) electrons. The molecule has 1 aliphatic heterocycles. The van der Waals surface area contributed by atoms with Gasteiger partial charge in [-0.15, -0.1) is 24.0 Å². The molecule has 0 aliphatic carbocycles. The monoisotopic (exact) mass is 519 g/mol. The molecular formula is C22H26IN5O2. The van der Waals surface area contributed by atoms with Crippen molar-refractivity contribution >= 4 is 35.6 Å². The summed E-state index contributed by atoms with van der Waals surface area (Å²) < 4.78 is 13.3. The zero-order valence-corrected chi connectivity index (χ0v) is 19.2. The number of guanidine groups is 1. The summed E-state index contributed by atoms with van der Waals surface area (Å²) in [6.45, 7) is 2.12. The number of nitrogens with zero attached hydrogens (tertiary/aromatic N) is 3. The number of hydrogen-bond acceptors (Lipinski definition) is 4. The highest BCUT2D eigenvalue weighted by molar-refractivity contribution is 14.0. The van der Waals surface area contributed by atoms with Crippen LogP contribution < -0.4 is 20.1 Å². The summed E-state index contributed by atoms with van der Waals surface area (Å²) in [6.07, 6.45) is 5.50. The van der Waals surface area contributed by atoms with E-state index in [2.05, 4.69) is 45.0 Å². The SMILES string of the molecule is CN=C(NCCc1ccc(-n2cccn2)cc1)Nc1ccc2c(c1)OCCCO2.I. The van der Waals surface area contributed by atoms with Crippen LogP contribution in [-0.4, -0.2) is 42.5 Å². The van der Waals surface area contributed by atoms with Gasteiger partial charge in [0, 0.05) is 44.2 Å². The van der Waals surface area contributed by atoms with Gasteiger partial charge in [-0.2, -0.15) is 5.10 Å². The van der Waals surface area contributed by atoms with Crippen molar-refractivity contribution in [1.82, 2.24) is 15.1 Å². The third-order valence-electron chi connectivity index (χ3n) is 4.65. The van der Waals surface area contributed by atoms with Gasteiger partial charge in [0.2, 0.25) is 0 Å². The summed E-state index contributed by atoms with van der Waals surface area (Å²) in [5.74, 6) is 2.27. The normalized spacial score (nSPS) is 13.2. The van der Waals surface area contributed by atoms with Crippen LogP contribution in [0.25, 0.3) is 5.69 Å². The fourth-order valence-electron chi connectivity index (χ4n) is 3.12. The van der Waals surface area contributed by atoms with E-state index in [1.165, 1.54) is 5.56 Å². The molecule has 0 saturated heterocycles. The lowest BCUT2D eigenvalue weighted by Crippen LogP contribution is -2.32. The van der Waals surface area contributed by atoms with Crippen molar-refractivity contribution in [3.63, 3.8) is 0 Å². The maximum atomic E-state index is 5.75. The minimum absolute atomic E-state index is 0. The zero-order chi connectivity index (χ0) is 19.9.